The van der Waals surface area contributed by atoms with Gasteiger partial charge >= 0.3 is 0 Å². The Morgan fingerprint density at radius 1 is 1.24 bits per heavy atom. The first kappa shape index (κ1) is 18.4. The molecule has 124 valence electrons. The van der Waals surface area contributed by atoms with Crippen LogP contribution in [0.5, 0.6) is 0 Å². The Balaban J connectivity index is 2.53. The van der Waals surface area contributed by atoms with E-state index in [1.165, 1.54) is 0 Å². The molecule has 21 heavy (non-hydrogen) atoms. The Kier molecular flexibility index (Phi) is 8.27. The molecule has 0 radical (unpaired) electrons. The molecule has 0 aromatic carbocycles. The van der Waals surface area contributed by atoms with Crippen LogP contribution < -0.4 is 5.32 Å². The number of rotatable bonds is 10. The zero-order valence-electron chi connectivity index (χ0n) is 14.7. The number of amides is 1. The molecule has 0 aromatic rings. The van der Waals surface area contributed by atoms with Crippen LogP contribution in [0.2, 0.25) is 0 Å². The van der Waals surface area contributed by atoms with Crippen molar-refractivity contribution in [2.45, 2.75) is 72.5 Å². The number of carbonyl (C=O) groups excluding carboxylic acids is 1. The normalized spacial score (nSPS) is 22.8. The maximum atomic E-state index is 12.6. The monoisotopic (exact) mass is 297 g/mol. The van der Waals surface area contributed by atoms with E-state index < -0.39 is 0 Å². The lowest BCUT2D eigenvalue weighted by atomic mass is 10.0. The number of nitrogens with one attached hydrogen (secondary N) is 1. The Morgan fingerprint density at radius 3 is 2.43 bits per heavy atom. The standard InChI is InChI=1S/C17H35N3O/c1-6-10-16-18-15(13-14(4)5)17(21)20(16)12-9-11-19(7-2)8-3/h14-16,18H,6-13H2,1-5H3. The van der Waals surface area contributed by atoms with Gasteiger partial charge in [0.05, 0.1) is 12.2 Å². The Hall–Kier alpha value is -0.610. The molecule has 2 unspecified atom stereocenters. The fourth-order valence-electron chi connectivity index (χ4n) is 3.17. The summed E-state index contributed by atoms with van der Waals surface area (Å²) in [5, 5.41) is 3.55. The topological polar surface area (TPSA) is 35.6 Å². The Morgan fingerprint density at radius 2 is 1.90 bits per heavy atom. The van der Waals surface area contributed by atoms with Gasteiger partial charge in [0.1, 0.15) is 0 Å². The van der Waals surface area contributed by atoms with Crippen molar-refractivity contribution in [3.8, 4) is 0 Å². The van der Waals surface area contributed by atoms with Crippen LogP contribution in [0.25, 0.3) is 0 Å². The molecule has 2 atom stereocenters. The molecule has 0 aromatic heterocycles. The third-order valence-electron chi connectivity index (χ3n) is 4.39. The lowest BCUT2D eigenvalue weighted by Gasteiger charge is -2.25. The van der Waals surface area contributed by atoms with Crippen LogP contribution in [-0.2, 0) is 4.79 Å². The van der Waals surface area contributed by atoms with Crippen molar-refractivity contribution in [1.82, 2.24) is 15.1 Å². The van der Waals surface area contributed by atoms with Crippen molar-refractivity contribution in [1.29, 1.82) is 0 Å². The summed E-state index contributed by atoms with van der Waals surface area (Å²) in [5.41, 5.74) is 0. The minimum absolute atomic E-state index is 0.0370. The van der Waals surface area contributed by atoms with Crippen LogP contribution >= 0.6 is 0 Å². The van der Waals surface area contributed by atoms with E-state index in [2.05, 4.69) is 49.7 Å². The minimum atomic E-state index is 0.0370. The van der Waals surface area contributed by atoms with E-state index in [-0.39, 0.29) is 12.2 Å². The van der Waals surface area contributed by atoms with Gasteiger partial charge in [0.15, 0.2) is 0 Å². The van der Waals surface area contributed by atoms with Crippen molar-refractivity contribution in [2.75, 3.05) is 26.2 Å². The average Bonchev–Trinajstić information content (AvgIpc) is 2.72. The summed E-state index contributed by atoms with van der Waals surface area (Å²) in [7, 11) is 0. The fourth-order valence-corrected chi connectivity index (χ4v) is 3.17. The highest BCUT2D eigenvalue weighted by atomic mass is 16.2. The minimum Gasteiger partial charge on any atom is -0.326 e. The highest BCUT2D eigenvalue weighted by Gasteiger charge is 2.37. The highest BCUT2D eigenvalue weighted by molar-refractivity contribution is 5.84. The molecule has 1 heterocycles. The second kappa shape index (κ2) is 9.42. The van der Waals surface area contributed by atoms with Crippen molar-refractivity contribution < 1.29 is 4.79 Å². The largest absolute Gasteiger partial charge is 0.326 e. The highest BCUT2D eigenvalue weighted by Crippen LogP contribution is 2.20. The van der Waals surface area contributed by atoms with Gasteiger partial charge < -0.3 is 9.80 Å². The lowest BCUT2D eigenvalue weighted by molar-refractivity contribution is -0.130. The molecule has 0 aliphatic carbocycles. The van der Waals surface area contributed by atoms with Gasteiger partial charge in [-0.3, -0.25) is 10.1 Å². The summed E-state index contributed by atoms with van der Waals surface area (Å²) >= 11 is 0. The molecular weight excluding hydrogens is 262 g/mol. The van der Waals surface area contributed by atoms with Gasteiger partial charge in [-0.05, 0) is 44.8 Å². The van der Waals surface area contributed by atoms with E-state index in [0.29, 0.717) is 11.8 Å². The van der Waals surface area contributed by atoms with Gasteiger partial charge in [-0.25, -0.2) is 0 Å². The van der Waals surface area contributed by atoms with Crippen molar-refractivity contribution in [3.63, 3.8) is 0 Å². The molecule has 1 N–H and O–H groups in total. The number of carbonyl (C=O) groups is 1. The summed E-state index contributed by atoms with van der Waals surface area (Å²) in [6, 6.07) is 0.0370. The van der Waals surface area contributed by atoms with Gasteiger partial charge in [-0.15, -0.1) is 0 Å². The number of hydrogen-bond acceptors (Lipinski definition) is 3. The molecule has 4 nitrogen and oxygen atoms in total. The molecule has 0 bridgehead atoms. The summed E-state index contributed by atoms with van der Waals surface area (Å²) in [6.07, 6.45) is 4.45. The first-order valence-corrected chi connectivity index (χ1v) is 8.82. The quantitative estimate of drug-likeness (QED) is 0.673. The van der Waals surface area contributed by atoms with Crippen LogP contribution in [0.15, 0.2) is 0 Å². The van der Waals surface area contributed by atoms with Gasteiger partial charge in [-0.1, -0.05) is 41.0 Å². The zero-order valence-corrected chi connectivity index (χ0v) is 14.7. The van der Waals surface area contributed by atoms with E-state index in [1.807, 2.05) is 0 Å². The Labute approximate surface area is 131 Å². The third-order valence-corrected chi connectivity index (χ3v) is 4.39. The third kappa shape index (κ3) is 5.59. The molecular formula is C17H35N3O. The summed E-state index contributed by atoms with van der Waals surface area (Å²) < 4.78 is 0. The molecule has 0 saturated carbocycles. The SMILES string of the molecule is CCCC1NC(CC(C)C)C(=O)N1CCCN(CC)CC. The van der Waals surface area contributed by atoms with Crippen molar-refractivity contribution in [2.24, 2.45) is 5.92 Å². The maximum absolute atomic E-state index is 12.6. The van der Waals surface area contributed by atoms with E-state index in [9.17, 15) is 4.79 Å². The first-order valence-electron chi connectivity index (χ1n) is 8.82. The van der Waals surface area contributed by atoms with Gasteiger partial charge in [0.25, 0.3) is 0 Å². The van der Waals surface area contributed by atoms with Crippen LogP contribution in [0, 0.1) is 5.92 Å². The molecule has 1 rings (SSSR count). The smallest absolute Gasteiger partial charge is 0.241 e. The van der Waals surface area contributed by atoms with Crippen LogP contribution in [0.4, 0.5) is 0 Å². The van der Waals surface area contributed by atoms with Gasteiger partial charge in [0, 0.05) is 6.54 Å². The Bertz CT molecular complexity index is 302. The fraction of sp³-hybridized carbons (Fsp3) is 0.941. The van der Waals surface area contributed by atoms with Gasteiger partial charge in [-0.2, -0.15) is 0 Å². The predicted octanol–water partition coefficient (Wildman–Crippen LogP) is 2.69. The van der Waals surface area contributed by atoms with E-state index in [1.54, 1.807) is 0 Å². The molecule has 1 saturated heterocycles. The average molecular weight is 297 g/mol. The molecule has 4 heteroatoms. The van der Waals surface area contributed by atoms with Crippen LogP contribution in [0.3, 0.4) is 0 Å². The second-order valence-corrected chi connectivity index (χ2v) is 6.57. The predicted molar refractivity (Wildman–Crippen MR) is 89.2 cm³/mol. The lowest BCUT2D eigenvalue weighted by Crippen LogP contribution is -2.39. The molecule has 1 amide bonds. The molecule has 1 aliphatic heterocycles. The maximum Gasteiger partial charge on any atom is 0.241 e. The van der Waals surface area contributed by atoms with Crippen LogP contribution in [-0.4, -0.2) is 54.1 Å². The van der Waals surface area contributed by atoms with Gasteiger partial charge in [0.2, 0.25) is 5.91 Å². The van der Waals surface area contributed by atoms with E-state index in [4.69, 9.17) is 0 Å². The molecule has 1 aliphatic rings. The number of nitrogens with zero attached hydrogens (tertiary/aromatic N) is 2. The van der Waals surface area contributed by atoms with Crippen molar-refractivity contribution in [3.05, 3.63) is 0 Å². The van der Waals surface area contributed by atoms with Crippen LogP contribution in [0.1, 0.15) is 60.3 Å². The van der Waals surface area contributed by atoms with E-state index in [0.717, 1.165) is 51.9 Å². The summed E-state index contributed by atoms with van der Waals surface area (Å²) in [4.78, 5) is 17.1. The van der Waals surface area contributed by atoms with Crippen molar-refractivity contribution >= 4 is 5.91 Å². The molecule has 0 spiro atoms. The van der Waals surface area contributed by atoms with E-state index >= 15 is 0 Å². The molecule has 1 fully saturated rings. The summed E-state index contributed by atoms with van der Waals surface area (Å²) in [6.45, 7) is 15.1. The first-order chi connectivity index (χ1) is 10.0. The number of hydrogen-bond donors (Lipinski definition) is 1. The second-order valence-electron chi connectivity index (χ2n) is 6.57. The summed E-state index contributed by atoms with van der Waals surface area (Å²) in [5.74, 6) is 0.881. The zero-order chi connectivity index (χ0) is 15.8.